The highest BCUT2D eigenvalue weighted by atomic mass is 19.4. The number of aromatic amines is 1. The van der Waals surface area contributed by atoms with Crippen molar-refractivity contribution in [3.05, 3.63) is 81.9 Å². The maximum absolute atomic E-state index is 12.8. The molecule has 0 aliphatic carbocycles. The van der Waals surface area contributed by atoms with Crippen LogP contribution in [0.3, 0.4) is 0 Å². The number of benzene rings is 2. The van der Waals surface area contributed by atoms with Crippen molar-refractivity contribution < 1.29 is 17.9 Å². The second kappa shape index (κ2) is 9.28. The second-order valence-electron chi connectivity index (χ2n) is 7.34. The highest BCUT2D eigenvalue weighted by molar-refractivity contribution is 5.66. The van der Waals surface area contributed by atoms with Gasteiger partial charge in [0.2, 0.25) is 0 Å². The van der Waals surface area contributed by atoms with Crippen LogP contribution in [0.4, 0.5) is 24.7 Å². The average molecular weight is 453 g/mol. The predicted octanol–water partition coefficient (Wildman–Crippen LogP) is 4.38. The third-order valence-corrected chi connectivity index (χ3v) is 5.00. The number of hydrogen-bond acceptors (Lipinski definition) is 4. The average Bonchev–Trinajstić information content (AvgIpc) is 3.17. The Morgan fingerprint density at radius 3 is 2.70 bits per heavy atom. The molecule has 1 unspecified atom stereocenters. The normalized spacial score (nSPS) is 14.8. The zero-order valence-electron chi connectivity index (χ0n) is 17.7. The van der Waals surface area contributed by atoms with Crippen LogP contribution in [0.15, 0.2) is 59.7 Å². The molecule has 0 saturated heterocycles. The molecule has 2 heterocycles. The summed E-state index contributed by atoms with van der Waals surface area (Å²) in [6.45, 7) is 2.76. The molecule has 0 amide bonds. The molecule has 169 valence electrons. The SMILES string of the molecule is CCCN1c2nc[nH]c(=O)c2[N]C1c1ccc(OCC#Cc2cccc(C(F)(F)F)c2)cc1. The van der Waals surface area contributed by atoms with E-state index >= 15 is 0 Å². The number of alkyl halides is 3. The highest BCUT2D eigenvalue weighted by Gasteiger charge is 2.34. The summed E-state index contributed by atoms with van der Waals surface area (Å²) in [4.78, 5) is 20.9. The van der Waals surface area contributed by atoms with Crippen molar-refractivity contribution in [1.29, 1.82) is 0 Å². The number of fused-ring (bicyclic) bond motifs is 1. The van der Waals surface area contributed by atoms with Gasteiger partial charge in [0.05, 0.1) is 11.9 Å². The molecular formula is C24H20F3N4O2. The zero-order chi connectivity index (χ0) is 23.4. The minimum atomic E-state index is -4.40. The summed E-state index contributed by atoms with van der Waals surface area (Å²) in [6.07, 6.45) is -2.52. The van der Waals surface area contributed by atoms with Gasteiger partial charge in [-0.1, -0.05) is 37.0 Å². The van der Waals surface area contributed by atoms with E-state index in [1.807, 2.05) is 24.0 Å². The number of ether oxygens (including phenoxy) is 1. The van der Waals surface area contributed by atoms with E-state index in [1.54, 1.807) is 12.1 Å². The van der Waals surface area contributed by atoms with Gasteiger partial charge in [0.1, 0.15) is 18.5 Å². The maximum atomic E-state index is 12.8. The van der Waals surface area contributed by atoms with Crippen LogP contribution >= 0.6 is 0 Å². The molecule has 1 radical (unpaired) electrons. The van der Waals surface area contributed by atoms with Gasteiger partial charge in [-0.3, -0.25) is 4.79 Å². The maximum Gasteiger partial charge on any atom is 0.416 e. The van der Waals surface area contributed by atoms with Crippen LogP contribution in [0.1, 0.15) is 36.2 Å². The van der Waals surface area contributed by atoms with Gasteiger partial charge in [-0.25, -0.2) is 10.3 Å². The summed E-state index contributed by atoms with van der Waals surface area (Å²) in [7, 11) is 0. The molecule has 1 atom stereocenters. The number of H-pyrrole nitrogens is 1. The lowest BCUT2D eigenvalue weighted by Gasteiger charge is -2.24. The van der Waals surface area contributed by atoms with Gasteiger partial charge in [0, 0.05) is 12.1 Å². The van der Waals surface area contributed by atoms with Crippen molar-refractivity contribution >= 4 is 11.5 Å². The highest BCUT2D eigenvalue weighted by Crippen LogP contribution is 2.37. The van der Waals surface area contributed by atoms with Gasteiger partial charge in [0.15, 0.2) is 11.5 Å². The Morgan fingerprint density at radius 2 is 1.97 bits per heavy atom. The molecule has 1 aromatic heterocycles. The fraction of sp³-hybridized carbons (Fsp3) is 0.250. The van der Waals surface area contributed by atoms with Crippen molar-refractivity contribution in [2.24, 2.45) is 0 Å². The first kappa shape index (κ1) is 22.3. The monoisotopic (exact) mass is 453 g/mol. The molecule has 0 bridgehead atoms. The van der Waals surface area contributed by atoms with Crippen molar-refractivity contribution in [3.63, 3.8) is 0 Å². The number of halogens is 3. The molecule has 3 aromatic rings. The zero-order valence-corrected chi connectivity index (χ0v) is 17.7. The summed E-state index contributed by atoms with van der Waals surface area (Å²) >= 11 is 0. The molecule has 0 spiro atoms. The third-order valence-electron chi connectivity index (χ3n) is 5.00. The third kappa shape index (κ3) is 4.95. The fourth-order valence-electron chi connectivity index (χ4n) is 3.51. The molecule has 1 N–H and O–H groups in total. The number of anilines is 1. The number of nitrogens with one attached hydrogen (secondary N) is 1. The Hall–Kier alpha value is -3.93. The quantitative estimate of drug-likeness (QED) is 0.582. The Kier molecular flexibility index (Phi) is 6.27. The van der Waals surface area contributed by atoms with Gasteiger partial charge >= 0.3 is 6.18 Å². The Balaban J connectivity index is 1.41. The lowest BCUT2D eigenvalue weighted by atomic mass is 10.1. The standard InChI is InChI=1S/C24H20F3N4O2/c1-2-12-31-21(30-20-22(31)28-15-29-23(20)32)17-8-10-19(11-9-17)33-13-4-6-16-5-3-7-18(14-16)24(25,26)27/h3,5,7-11,14-15,21H,2,12-13H2,1H3,(H,28,29,32). The molecule has 2 aromatic carbocycles. The van der Waals surface area contributed by atoms with E-state index in [2.05, 4.69) is 27.1 Å². The number of nitrogens with zero attached hydrogens (tertiary/aromatic N) is 3. The first-order chi connectivity index (χ1) is 15.9. The van der Waals surface area contributed by atoms with Gasteiger partial charge in [0.25, 0.3) is 5.56 Å². The van der Waals surface area contributed by atoms with Crippen LogP contribution in [0.25, 0.3) is 0 Å². The lowest BCUT2D eigenvalue weighted by Crippen LogP contribution is -2.28. The van der Waals surface area contributed by atoms with Crippen LogP contribution in [0, 0.1) is 11.8 Å². The Bertz CT molecular complexity index is 1240. The summed E-state index contributed by atoms with van der Waals surface area (Å²) in [5.74, 6) is 6.54. The minimum absolute atomic E-state index is 0.0239. The summed E-state index contributed by atoms with van der Waals surface area (Å²) in [5, 5.41) is 4.56. The summed E-state index contributed by atoms with van der Waals surface area (Å²) < 4.78 is 43.9. The van der Waals surface area contributed by atoms with E-state index in [1.165, 1.54) is 18.5 Å². The molecular weight excluding hydrogens is 433 g/mol. The number of rotatable bonds is 5. The molecule has 6 nitrogen and oxygen atoms in total. The van der Waals surface area contributed by atoms with Crippen LogP contribution in [0.5, 0.6) is 5.75 Å². The number of hydrogen-bond donors (Lipinski definition) is 1. The second-order valence-corrected chi connectivity index (χ2v) is 7.34. The smallest absolute Gasteiger partial charge is 0.416 e. The molecule has 9 heteroatoms. The predicted molar refractivity (Wildman–Crippen MR) is 117 cm³/mol. The van der Waals surface area contributed by atoms with Gasteiger partial charge in [-0.15, -0.1) is 0 Å². The summed E-state index contributed by atoms with van der Waals surface area (Å²) in [5.41, 5.74) is 0.456. The van der Waals surface area contributed by atoms with E-state index < -0.39 is 11.7 Å². The number of aromatic nitrogens is 2. The Labute approximate surface area is 188 Å². The molecule has 1 aliphatic heterocycles. The van der Waals surface area contributed by atoms with E-state index in [4.69, 9.17) is 4.74 Å². The first-order valence-electron chi connectivity index (χ1n) is 10.3. The van der Waals surface area contributed by atoms with Gasteiger partial charge in [-0.05, 0) is 42.3 Å². The first-order valence-corrected chi connectivity index (χ1v) is 10.3. The van der Waals surface area contributed by atoms with Crippen molar-refractivity contribution in [2.75, 3.05) is 18.1 Å². The van der Waals surface area contributed by atoms with Crippen LogP contribution < -0.4 is 20.5 Å². The topological polar surface area (TPSA) is 72.3 Å². The fourth-order valence-corrected chi connectivity index (χ4v) is 3.51. The van der Waals surface area contributed by atoms with Gasteiger partial charge < -0.3 is 14.6 Å². The lowest BCUT2D eigenvalue weighted by molar-refractivity contribution is -0.137. The van der Waals surface area contributed by atoms with Crippen molar-refractivity contribution in [3.8, 4) is 17.6 Å². The van der Waals surface area contributed by atoms with Crippen molar-refractivity contribution in [2.45, 2.75) is 25.7 Å². The van der Waals surface area contributed by atoms with Crippen LogP contribution in [-0.2, 0) is 6.18 Å². The van der Waals surface area contributed by atoms with Crippen LogP contribution in [0.2, 0.25) is 0 Å². The van der Waals surface area contributed by atoms with Gasteiger partial charge in [-0.2, -0.15) is 13.2 Å². The largest absolute Gasteiger partial charge is 0.481 e. The molecule has 0 fully saturated rings. The molecule has 1 aliphatic rings. The van der Waals surface area contributed by atoms with E-state index in [0.717, 1.165) is 24.1 Å². The molecule has 0 saturated carbocycles. The van der Waals surface area contributed by atoms with Crippen LogP contribution in [-0.4, -0.2) is 23.1 Å². The van der Waals surface area contributed by atoms with E-state index in [9.17, 15) is 18.0 Å². The van der Waals surface area contributed by atoms with E-state index in [0.29, 0.717) is 23.8 Å². The van der Waals surface area contributed by atoms with Crippen molar-refractivity contribution in [1.82, 2.24) is 15.3 Å². The summed E-state index contributed by atoms with van der Waals surface area (Å²) in [6, 6.07) is 12.1. The molecule has 4 rings (SSSR count). The minimum Gasteiger partial charge on any atom is -0.481 e. The Morgan fingerprint density at radius 1 is 1.18 bits per heavy atom. The van der Waals surface area contributed by atoms with E-state index in [-0.39, 0.29) is 23.9 Å². The molecule has 33 heavy (non-hydrogen) atoms.